The van der Waals surface area contributed by atoms with Gasteiger partial charge in [-0.15, -0.1) is 0 Å². The summed E-state index contributed by atoms with van der Waals surface area (Å²) < 4.78 is 6.15. The predicted octanol–water partition coefficient (Wildman–Crippen LogP) is 9.03. The normalized spacial score (nSPS) is 12.1. The summed E-state index contributed by atoms with van der Waals surface area (Å²) in [6, 6.07) is 12.8. The van der Waals surface area contributed by atoms with Crippen molar-refractivity contribution in [1.82, 2.24) is 4.98 Å². The van der Waals surface area contributed by atoms with Gasteiger partial charge < -0.3 is 4.74 Å². The molecule has 1 aromatic heterocycles. The second kappa shape index (κ2) is 15.9. The lowest BCUT2D eigenvalue weighted by Gasteiger charge is -2.13. The summed E-state index contributed by atoms with van der Waals surface area (Å²) in [4.78, 5) is 4.65. The van der Waals surface area contributed by atoms with Crippen molar-refractivity contribution in [2.45, 2.75) is 104 Å². The Morgan fingerprint density at radius 3 is 2.29 bits per heavy atom. The monoisotopic (exact) mass is 423 g/mol. The van der Waals surface area contributed by atoms with Crippen LogP contribution in [0.4, 0.5) is 0 Å². The Bertz CT molecular complexity index is 711. The molecule has 0 aliphatic carbocycles. The van der Waals surface area contributed by atoms with Crippen molar-refractivity contribution in [2.24, 2.45) is 5.92 Å². The Kier molecular flexibility index (Phi) is 13.0. The van der Waals surface area contributed by atoms with E-state index in [0.717, 1.165) is 42.4 Å². The smallest absolute Gasteiger partial charge is 0.128 e. The Hall–Kier alpha value is -1.83. The van der Waals surface area contributed by atoms with Crippen molar-refractivity contribution in [3.63, 3.8) is 0 Å². The van der Waals surface area contributed by atoms with Crippen LogP contribution in [0.15, 0.2) is 42.6 Å². The second-order valence-electron chi connectivity index (χ2n) is 9.13. The van der Waals surface area contributed by atoms with Gasteiger partial charge in [-0.25, -0.2) is 0 Å². The molecule has 172 valence electrons. The van der Waals surface area contributed by atoms with Crippen molar-refractivity contribution in [3.05, 3.63) is 48.2 Å². The maximum Gasteiger partial charge on any atom is 0.128 e. The topological polar surface area (TPSA) is 22.1 Å². The van der Waals surface area contributed by atoms with Crippen LogP contribution in [0.2, 0.25) is 0 Å². The van der Waals surface area contributed by atoms with Crippen LogP contribution in [0.5, 0.6) is 5.75 Å². The van der Waals surface area contributed by atoms with Gasteiger partial charge in [0.05, 0.1) is 12.3 Å². The number of pyridine rings is 1. The molecule has 2 nitrogen and oxygen atoms in total. The third kappa shape index (κ3) is 10.4. The van der Waals surface area contributed by atoms with E-state index in [0.29, 0.717) is 0 Å². The molecule has 31 heavy (non-hydrogen) atoms. The molecule has 1 heterocycles. The highest BCUT2D eigenvalue weighted by atomic mass is 16.5. The fraction of sp³-hybridized carbons (Fsp3) is 0.621. The number of unbranched alkanes of at least 4 members (excludes halogenated alkanes) is 8. The number of para-hydroxylation sites is 1. The number of rotatable bonds is 17. The SMILES string of the molecule is CCCCCCCCCCCc1ccnc(-c2ccccc2OCCCC(C)CC)c1. The molecule has 1 aromatic carbocycles. The van der Waals surface area contributed by atoms with Gasteiger partial charge in [0.25, 0.3) is 0 Å². The summed E-state index contributed by atoms with van der Waals surface area (Å²) in [5, 5.41) is 0. The highest BCUT2D eigenvalue weighted by Crippen LogP contribution is 2.29. The van der Waals surface area contributed by atoms with E-state index in [1.165, 1.54) is 76.2 Å². The minimum atomic E-state index is 0.776. The first-order valence-electron chi connectivity index (χ1n) is 12.9. The summed E-state index contributed by atoms with van der Waals surface area (Å²) in [5.41, 5.74) is 3.53. The first-order valence-corrected chi connectivity index (χ1v) is 12.9. The number of hydrogen-bond acceptors (Lipinski definition) is 2. The van der Waals surface area contributed by atoms with E-state index in [1.807, 2.05) is 6.20 Å². The van der Waals surface area contributed by atoms with Crippen LogP contribution in [0, 0.1) is 5.92 Å². The van der Waals surface area contributed by atoms with Crippen LogP contribution in [0.25, 0.3) is 11.3 Å². The van der Waals surface area contributed by atoms with Crippen molar-refractivity contribution in [2.75, 3.05) is 6.61 Å². The summed E-state index contributed by atoms with van der Waals surface area (Å²) in [7, 11) is 0. The first kappa shape index (κ1) is 25.4. The zero-order valence-electron chi connectivity index (χ0n) is 20.4. The first-order chi connectivity index (χ1) is 15.2. The maximum absolute atomic E-state index is 6.15. The van der Waals surface area contributed by atoms with Crippen LogP contribution in [0.1, 0.15) is 103 Å². The Morgan fingerprint density at radius 2 is 1.55 bits per heavy atom. The number of ether oxygens (including phenoxy) is 1. The third-order valence-electron chi connectivity index (χ3n) is 6.35. The maximum atomic E-state index is 6.15. The Morgan fingerprint density at radius 1 is 0.839 bits per heavy atom. The predicted molar refractivity (Wildman–Crippen MR) is 135 cm³/mol. The fourth-order valence-corrected chi connectivity index (χ4v) is 4.04. The van der Waals surface area contributed by atoms with Gasteiger partial charge in [-0.05, 0) is 61.4 Å². The largest absolute Gasteiger partial charge is 0.493 e. The van der Waals surface area contributed by atoms with Gasteiger partial charge in [0, 0.05) is 11.8 Å². The molecule has 0 saturated carbocycles. The van der Waals surface area contributed by atoms with Gasteiger partial charge >= 0.3 is 0 Å². The third-order valence-corrected chi connectivity index (χ3v) is 6.35. The molecule has 2 heteroatoms. The Labute approximate surface area is 191 Å². The van der Waals surface area contributed by atoms with Crippen molar-refractivity contribution >= 4 is 0 Å². The van der Waals surface area contributed by atoms with Gasteiger partial charge in [-0.2, -0.15) is 0 Å². The summed E-state index contributed by atoms with van der Waals surface area (Å²) in [6.45, 7) is 7.63. The highest BCUT2D eigenvalue weighted by Gasteiger charge is 2.08. The van der Waals surface area contributed by atoms with Crippen LogP contribution in [-0.2, 0) is 6.42 Å². The number of aryl methyl sites for hydroxylation is 1. The molecule has 1 unspecified atom stereocenters. The number of aromatic nitrogens is 1. The molecular weight excluding hydrogens is 378 g/mol. The quantitative estimate of drug-likeness (QED) is 0.237. The molecular formula is C29H45NO. The van der Waals surface area contributed by atoms with Crippen molar-refractivity contribution in [1.29, 1.82) is 0 Å². The molecule has 0 radical (unpaired) electrons. The summed E-state index contributed by atoms with van der Waals surface area (Å²) >= 11 is 0. The van der Waals surface area contributed by atoms with Crippen LogP contribution < -0.4 is 4.74 Å². The molecule has 0 N–H and O–H groups in total. The van der Waals surface area contributed by atoms with E-state index < -0.39 is 0 Å². The number of benzene rings is 1. The Balaban J connectivity index is 1.79. The average Bonchev–Trinajstić information content (AvgIpc) is 2.81. The standard InChI is InChI=1S/C29H45NO/c1-4-6-7-8-9-10-11-12-13-18-26-21-22-30-28(24-26)27-19-14-15-20-29(27)31-23-16-17-25(3)5-2/h14-15,19-22,24-25H,4-13,16-18,23H2,1-3H3. The van der Waals surface area contributed by atoms with E-state index in [2.05, 4.69) is 62.2 Å². The molecule has 0 amide bonds. The molecule has 0 aliphatic heterocycles. The van der Waals surface area contributed by atoms with Crippen LogP contribution >= 0.6 is 0 Å². The average molecular weight is 424 g/mol. The lowest BCUT2D eigenvalue weighted by atomic mass is 10.0. The number of nitrogens with zero attached hydrogens (tertiary/aromatic N) is 1. The highest BCUT2D eigenvalue weighted by molar-refractivity contribution is 5.67. The zero-order valence-corrected chi connectivity index (χ0v) is 20.4. The van der Waals surface area contributed by atoms with Gasteiger partial charge in [0.1, 0.15) is 5.75 Å². The van der Waals surface area contributed by atoms with Crippen molar-refractivity contribution < 1.29 is 4.74 Å². The minimum Gasteiger partial charge on any atom is -0.493 e. The summed E-state index contributed by atoms with van der Waals surface area (Å²) in [5.74, 6) is 1.73. The molecule has 1 atom stereocenters. The molecule has 2 aromatic rings. The molecule has 0 bridgehead atoms. The molecule has 0 aliphatic rings. The van der Waals surface area contributed by atoms with Gasteiger partial charge in [0.2, 0.25) is 0 Å². The molecule has 0 saturated heterocycles. The fourth-order valence-electron chi connectivity index (χ4n) is 4.04. The van der Waals surface area contributed by atoms with E-state index in [9.17, 15) is 0 Å². The van der Waals surface area contributed by atoms with Crippen molar-refractivity contribution in [3.8, 4) is 17.0 Å². The molecule has 0 spiro atoms. The van der Waals surface area contributed by atoms with E-state index >= 15 is 0 Å². The van der Waals surface area contributed by atoms with Gasteiger partial charge in [-0.3, -0.25) is 4.98 Å². The van der Waals surface area contributed by atoms with Crippen LogP contribution in [0.3, 0.4) is 0 Å². The summed E-state index contributed by atoms with van der Waals surface area (Å²) in [6.07, 6.45) is 19.0. The second-order valence-corrected chi connectivity index (χ2v) is 9.13. The minimum absolute atomic E-state index is 0.776. The van der Waals surface area contributed by atoms with E-state index in [-0.39, 0.29) is 0 Å². The lowest BCUT2D eigenvalue weighted by Crippen LogP contribution is -2.02. The van der Waals surface area contributed by atoms with Gasteiger partial charge in [-0.1, -0.05) is 90.7 Å². The molecule has 2 rings (SSSR count). The number of hydrogen-bond donors (Lipinski definition) is 0. The van der Waals surface area contributed by atoms with Crippen LogP contribution in [-0.4, -0.2) is 11.6 Å². The lowest BCUT2D eigenvalue weighted by molar-refractivity contribution is 0.295. The van der Waals surface area contributed by atoms with Gasteiger partial charge in [0.15, 0.2) is 0 Å². The van der Waals surface area contributed by atoms with E-state index in [4.69, 9.17) is 4.74 Å². The molecule has 0 fully saturated rings. The zero-order chi connectivity index (χ0) is 22.2. The van der Waals surface area contributed by atoms with E-state index in [1.54, 1.807) is 0 Å².